The van der Waals surface area contributed by atoms with Crippen molar-refractivity contribution in [1.29, 1.82) is 0 Å². The topological polar surface area (TPSA) is 91.0 Å². The largest absolute Gasteiger partial charge is 0.376 e. The van der Waals surface area contributed by atoms with E-state index in [9.17, 15) is 9.59 Å². The molecule has 10 heteroatoms. The maximum absolute atomic E-state index is 13.5. The van der Waals surface area contributed by atoms with Crippen molar-refractivity contribution in [3.05, 3.63) is 33.1 Å². The van der Waals surface area contributed by atoms with Crippen LogP contribution in [0.1, 0.15) is 50.1 Å². The summed E-state index contributed by atoms with van der Waals surface area (Å²) in [7, 11) is 0. The number of aromatic nitrogens is 4. The summed E-state index contributed by atoms with van der Waals surface area (Å²) in [6.07, 6.45) is 4.40. The molecule has 0 bridgehead atoms. The molecule has 0 aromatic carbocycles. The van der Waals surface area contributed by atoms with E-state index in [4.69, 9.17) is 9.72 Å². The molecule has 3 aromatic rings. The molecule has 1 atom stereocenters. The Balaban J connectivity index is 1.61. The van der Waals surface area contributed by atoms with Gasteiger partial charge in [-0.1, -0.05) is 18.7 Å². The van der Waals surface area contributed by atoms with Crippen molar-refractivity contribution >= 4 is 45.0 Å². The van der Waals surface area contributed by atoms with Gasteiger partial charge in [0.2, 0.25) is 5.91 Å². The Bertz CT molecular complexity index is 1170. The molecule has 1 fully saturated rings. The van der Waals surface area contributed by atoms with Crippen LogP contribution in [-0.2, 0) is 22.5 Å². The summed E-state index contributed by atoms with van der Waals surface area (Å²) in [5, 5.41) is 8.44. The van der Waals surface area contributed by atoms with Crippen LogP contribution in [0.25, 0.3) is 10.2 Å². The number of thioether (sulfide) groups is 1. The fourth-order valence-corrected chi connectivity index (χ4v) is 6.02. The second kappa shape index (κ2) is 9.76. The highest BCUT2D eigenvalue weighted by Crippen LogP contribution is 2.30. The zero-order chi connectivity index (χ0) is 22.8. The lowest BCUT2D eigenvalue weighted by atomic mass is 10.1. The zero-order valence-electron chi connectivity index (χ0n) is 18.9. The van der Waals surface area contributed by atoms with Gasteiger partial charge in [0.05, 0.1) is 30.0 Å². The van der Waals surface area contributed by atoms with Crippen molar-refractivity contribution in [2.45, 2.75) is 70.8 Å². The SMILES string of the molecule is CCc1c(C)sc2nc(SCC(=O)Nc3ccnn3C(C)C)n(CC3CCCO3)c(=O)c12. The Labute approximate surface area is 195 Å². The summed E-state index contributed by atoms with van der Waals surface area (Å²) in [4.78, 5) is 32.8. The van der Waals surface area contributed by atoms with Gasteiger partial charge in [-0.3, -0.25) is 14.2 Å². The summed E-state index contributed by atoms with van der Waals surface area (Å²) in [6.45, 7) is 9.30. The van der Waals surface area contributed by atoms with Crippen LogP contribution in [0.4, 0.5) is 5.82 Å². The fraction of sp³-hybridized carbons (Fsp3) is 0.545. The standard InChI is InChI=1S/C22H29N5O3S2/c1-5-16-14(4)32-20-19(16)21(29)26(11-15-7-6-10-30-15)22(25-20)31-12-18(28)24-17-8-9-23-27(17)13(2)3/h8-9,13,15H,5-7,10-12H2,1-4H3,(H,24,28). The molecule has 1 unspecified atom stereocenters. The highest BCUT2D eigenvalue weighted by molar-refractivity contribution is 7.99. The molecular formula is C22H29N5O3S2. The minimum absolute atomic E-state index is 0.00493. The first kappa shape index (κ1) is 23.0. The average molecular weight is 476 g/mol. The number of carbonyl (C=O) groups excluding carboxylic acids is 1. The third-order valence-electron chi connectivity index (χ3n) is 5.60. The van der Waals surface area contributed by atoms with Crippen LogP contribution in [0.2, 0.25) is 0 Å². The van der Waals surface area contributed by atoms with Gasteiger partial charge in [-0.2, -0.15) is 5.10 Å². The highest BCUT2D eigenvalue weighted by Gasteiger charge is 2.23. The molecule has 4 rings (SSSR count). The second-order valence-electron chi connectivity index (χ2n) is 8.21. The number of fused-ring (bicyclic) bond motifs is 1. The van der Waals surface area contributed by atoms with Gasteiger partial charge in [-0.05, 0) is 45.6 Å². The average Bonchev–Trinajstić information content (AvgIpc) is 3.48. The van der Waals surface area contributed by atoms with Crippen LogP contribution in [0.15, 0.2) is 22.2 Å². The Kier molecular flexibility index (Phi) is 7.02. The number of ether oxygens (including phenoxy) is 1. The summed E-state index contributed by atoms with van der Waals surface area (Å²) in [5.74, 6) is 0.650. The predicted octanol–water partition coefficient (Wildman–Crippen LogP) is 4.02. The molecule has 0 radical (unpaired) electrons. The summed E-state index contributed by atoms with van der Waals surface area (Å²) >= 11 is 2.83. The fourth-order valence-electron chi connectivity index (χ4n) is 4.05. The van der Waals surface area contributed by atoms with Crippen LogP contribution in [0, 0.1) is 6.92 Å². The normalized spacial score (nSPS) is 16.3. The lowest BCUT2D eigenvalue weighted by molar-refractivity contribution is -0.113. The third-order valence-corrected chi connectivity index (χ3v) is 7.62. The minimum atomic E-state index is -0.160. The van der Waals surface area contributed by atoms with Crippen molar-refractivity contribution in [3.8, 4) is 0 Å². The first-order valence-electron chi connectivity index (χ1n) is 11.0. The summed E-state index contributed by atoms with van der Waals surface area (Å²) in [6, 6.07) is 1.92. The van der Waals surface area contributed by atoms with Gasteiger partial charge in [0.25, 0.3) is 5.56 Å². The summed E-state index contributed by atoms with van der Waals surface area (Å²) < 4.78 is 9.26. The van der Waals surface area contributed by atoms with Crippen LogP contribution in [0.3, 0.4) is 0 Å². The molecule has 4 heterocycles. The van der Waals surface area contributed by atoms with Crippen molar-refractivity contribution < 1.29 is 9.53 Å². The number of aryl methyl sites for hydroxylation is 2. The molecule has 8 nitrogen and oxygen atoms in total. The van der Waals surface area contributed by atoms with Gasteiger partial charge in [-0.25, -0.2) is 9.67 Å². The number of nitrogens with one attached hydrogen (secondary N) is 1. The molecule has 3 aromatic heterocycles. The molecule has 32 heavy (non-hydrogen) atoms. The number of carbonyl (C=O) groups is 1. The molecule has 172 valence electrons. The van der Waals surface area contributed by atoms with E-state index in [0.717, 1.165) is 41.1 Å². The van der Waals surface area contributed by atoms with E-state index in [-0.39, 0.29) is 29.4 Å². The number of hydrogen-bond donors (Lipinski definition) is 1. The number of anilines is 1. The Morgan fingerprint density at radius 3 is 2.94 bits per heavy atom. The minimum Gasteiger partial charge on any atom is -0.376 e. The quantitative estimate of drug-likeness (QED) is 0.391. The van der Waals surface area contributed by atoms with Crippen molar-refractivity contribution in [3.63, 3.8) is 0 Å². The first-order valence-corrected chi connectivity index (χ1v) is 12.8. The van der Waals surface area contributed by atoms with Crippen LogP contribution in [-0.4, -0.2) is 43.7 Å². The smallest absolute Gasteiger partial charge is 0.263 e. The first-order chi connectivity index (χ1) is 15.4. The van der Waals surface area contributed by atoms with Gasteiger partial charge in [0.1, 0.15) is 10.6 Å². The number of rotatable bonds is 8. The maximum atomic E-state index is 13.5. The van der Waals surface area contributed by atoms with Crippen LogP contribution in [0.5, 0.6) is 0 Å². The van der Waals surface area contributed by atoms with Gasteiger partial charge in [0, 0.05) is 23.6 Å². The van der Waals surface area contributed by atoms with Crippen LogP contribution < -0.4 is 10.9 Å². The number of thiophene rings is 1. The van der Waals surface area contributed by atoms with E-state index >= 15 is 0 Å². The van der Waals surface area contributed by atoms with Crippen LogP contribution >= 0.6 is 23.1 Å². The second-order valence-corrected chi connectivity index (χ2v) is 10.4. The molecule has 1 saturated heterocycles. The van der Waals surface area contributed by atoms with Gasteiger partial charge < -0.3 is 10.1 Å². The van der Waals surface area contributed by atoms with Crippen molar-refractivity contribution in [1.82, 2.24) is 19.3 Å². The van der Waals surface area contributed by atoms with Crippen molar-refractivity contribution in [2.24, 2.45) is 0 Å². The lowest BCUT2D eigenvalue weighted by Crippen LogP contribution is -2.29. The lowest BCUT2D eigenvalue weighted by Gasteiger charge is -2.16. The van der Waals surface area contributed by atoms with E-state index in [0.29, 0.717) is 22.9 Å². The third kappa shape index (κ3) is 4.62. The molecule has 1 N–H and O–H groups in total. The molecule has 1 amide bonds. The number of nitrogens with zero attached hydrogens (tertiary/aromatic N) is 4. The number of hydrogen-bond acceptors (Lipinski definition) is 7. The molecule has 0 spiro atoms. The zero-order valence-corrected chi connectivity index (χ0v) is 20.5. The summed E-state index contributed by atoms with van der Waals surface area (Å²) in [5.41, 5.74) is 1.03. The Morgan fingerprint density at radius 2 is 2.25 bits per heavy atom. The van der Waals surface area contributed by atoms with Gasteiger partial charge in [-0.15, -0.1) is 11.3 Å². The molecule has 0 aliphatic carbocycles. The molecule has 1 aliphatic rings. The Morgan fingerprint density at radius 1 is 1.44 bits per heavy atom. The van der Waals surface area contributed by atoms with E-state index in [1.54, 1.807) is 32.8 Å². The van der Waals surface area contributed by atoms with Gasteiger partial charge in [0.15, 0.2) is 5.16 Å². The molecular weight excluding hydrogens is 446 g/mol. The Hall–Kier alpha value is -2.17. The monoisotopic (exact) mass is 475 g/mol. The number of amides is 1. The maximum Gasteiger partial charge on any atom is 0.263 e. The van der Waals surface area contributed by atoms with E-state index < -0.39 is 0 Å². The van der Waals surface area contributed by atoms with E-state index in [2.05, 4.69) is 17.3 Å². The van der Waals surface area contributed by atoms with Gasteiger partial charge >= 0.3 is 0 Å². The molecule has 1 aliphatic heterocycles. The highest BCUT2D eigenvalue weighted by atomic mass is 32.2. The molecule has 0 saturated carbocycles. The predicted molar refractivity (Wildman–Crippen MR) is 129 cm³/mol. The van der Waals surface area contributed by atoms with E-state index in [1.807, 2.05) is 20.8 Å². The van der Waals surface area contributed by atoms with E-state index in [1.165, 1.54) is 11.8 Å². The van der Waals surface area contributed by atoms with Crippen molar-refractivity contribution in [2.75, 3.05) is 17.7 Å².